The van der Waals surface area contributed by atoms with Crippen LogP contribution in [0.1, 0.15) is 25.3 Å². The van der Waals surface area contributed by atoms with Crippen molar-refractivity contribution < 1.29 is 14.3 Å². The second-order valence-electron chi connectivity index (χ2n) is 8.90. The lowest BCUT2D eigenvalue weighted by molar-refractivity contribution is -0.145. The van der Waals surface area contributed by atoms with E-state index >= 15 is 0 Å². The summed E-state index contributed by atoms with van der Waals surface area (Å²) in [6.45, 7) is 2.95. The van der Waals surface area contributed by atoms with Crippen molar-refractivity contribution in [2.75, 3.05) is 25.6 Å². The first kappa shape index (κ1) is 15.9. The molecule has 5 nitrogen and oxygen atoms in total. The van der Waals surface area contributed by atoms with E-state index < -0.39 is 10.8 Å². The number of allylic oxidation sites excluding steroid dienone is 1. The molecule has 5 fully saturated rings. The van der Waals surface area contributed by atoms with E-state index in [2.05, 4.69) is 35.1 Å². The summed E-state index contributed by atoms with van der Waals surface area (Å²) in [5.41, 5.74) is 2.04. The number of carbonyl (C=O) groups excluding carboxylic acids is 2. The quantitative estimate of drug-likeness (QED) is 0.456. The van der Waals surface area contributed by atoms with E-state index in [1.807, 2.05) is 13.0 Å². The van der Waals surface area contributed by atoms with E-state index in [0.717, 1.165) is 42.7 Å². The number of likely N-dealkylation sites (N-methyl/N-ethyl adjacent to an activating group) is 1. The lowest BCUT2D eigenvalue weighted by atomic mass is 9.59. The Hall–Kier alpha value is -2.14. The van der Waals surface area contributed by atoms with Gasteiger partial charge < -0.3 is 14.4 Å². The number of Topliss-reactive ketones (excluding diaryl/α,β-unsaturated/α-hetero) is 1. The minimum atomic E-state index is -0.867. The Balaban J connectivity index is 1.64. The number of benzene rings is 1. The van der Waals surface area contributed by atoms with Crippen LogP contribution in [0, 0.1) is 11.3 Å². The molecule has 5 heterocycles. The van der Waals surface area contributed by atoms with Gasteiger partial charge in [0, 0.05) is 43.3 Å². The van der Waals surface area contributed by atoms with Crippen LogP contribution in [0.4, 0.5) is 5.69 Å². The van der Waals surface area contributed by atoms with E-state index in [0.29, 0.717) is 6.04 Å². The zero-order chi connectivity index (χ0) is 18.7. The maximum atomic E-state index is 14.2. The Kier molecular flexibility index (Phi) is 2.73. The number of ether oxygens (including phenoxy) is 1. The van der Waals surface area contributed by atoms with Crippen LogP contribution < -0.4 is 9.64 Å². The summed E-state index contributed by atoms with van der Waals surface area (Å²) in [6, 6.07) is 6.56. The lowest BCUT2D eigenvalue weighted by Crippen LogP contribution is -2.70. The van der Waals surface area contributed by atoms with Gasteiger partial charge in [-0.05, 0) is 31.4 Å². The molecular weight excluding hydrogens is 340 g/mol. The molecule has 5 aliphatic heterocycles. The van der Waals surface area contributed by atoms with Crippen LogP contribution in [0.2, 0.25) is 0 Å². The van der Waals surface area contributed by atoms with Crippen LogP contribution in [-0.4, -0.2) is 55.8 Å². The molecule has 1 aliphatic carbocycles. The second kappa shape index (κ2) is 4.64. The van der Waals surface area contributed by atoms with Gasteiger partial charge in [0.05, 0.1) is 18.6 Å². The molecule has 27 heavy (non-hydrogen) atoms. The summed E-state index contributed by atoms with van der Waals surface area (Å²) >= 11 is 0. The van der Waals surface area contributed by atoms with Crippen molar-refractivity contribution in [2.45, 2.75) is 43.3 Å². The number of nitrogens with zero attached hydrogens (tertiary/aromatic N) is 2. The topological polar surface area (TPSA) is 49.9 Å². The van der Waals surface area contributed by atoms with Gasteiger partial charge in [0.15, 0.2) is 5.78 Å². The van der Waals surface area contributed by atoms with Crippen LogP contribution in [0.5, 0.6) is 5.75 Å². The van der Waals surface area contributed by atoms with E-state index in [9.17, 15) is 9.59 Å². The first-order valence-corrected chi connectivity index (χ1v) is 9.88. The van der Waals surface area contributed by atoms with Crippen LogP contribution in [0.15, 0.2) is 29.8 Å². The van der Waals surface area contributed by atoms with Crippen molar-refractivity contribution in [1.82, 2.24) is 4.90 Å². The van der Waals surface area contributed by atoms with Gasteiger partial charge in [-0.2, -0.15) is 0 Å². The van der Waals surface area contributed by atoms with E-state index in [-0.39, 0.29) is 23.8 Å². The Morgan fingerprint density at radius 3 is 2.85 bits per heavy atom. The fourth-order valence-corrected chi connectivity index (χ4v) is 7.53. The van der Waals surface area contributed by atoms with Crippen molar-refractivity contribution in [1.29, 1.82) is 0 Å². The van der Waals surface area contributed by atoms with Gasteiger partial charge in [-0.25, -0.2) is 0 Å². The third-order valence-electron chi connectivity index (χ3n) is 8.48. The zero-order valence-electron chi connectivity index (χ0n) is 15.9. The number of methoxy groups -OCH3 is 1. The smallest absolute Gasteiger partial charge is 0.161 e. The van der Waals surface area contributed by atoms with Crippen LogP contribution >= 0.6 is 0 Å². The normalized spacial score (nSPS) is 46.8. The van der Waals surface area contributed by atoms with Gasteiger partial charge in [-0.15, -0.1) is 0 Å². The van der Waals surface area contributed by atoms with E-state index in [1.54, 1.807) is 7.11 Å². The van der Waals surface area contributed by atoms with Gasteiger partial charge >= 0.3 is 0 Å². The maximum Gasteiger partial charge on any atom is 0.161 e. The molecule has 1 aromatic rings. The number of hydrogen-bond donors (Lipinski definition) is 0. The van der Waals surface area contributed by atoms with Crippen LogP contribution in [0.25, 0.3) is 0 Å². The van der Waals surface area contributed by atoms with E-state index in [4.69, 9.17) is 4.74 Å². The highest BCUT2D eigenvalue weighted by molar-refractivity contribution is 6.12. The summed E-state index contributed by atoms with van der Waals surface area (Å²) < 4.78 is 5.44. The van der Waals surface area contributed by atoms with Crippen molar-refractivity contribution in [3.05, 3.63) is 35.4 Å². The number of piperidine rings is 4. The van der Waals surface area contributed by atoms with Crippen LogP contribution in [-0.2, 0) is 15.0 Å². The highest BCUT2D eigenvalue weighted by Crippen LogP contribution is 2.70. The average Bonchev–Trinajstić information content (AvgIpc) is 3.08. The van der Waals surface area contributed by atoms with Gasteiger partial charge in [0.1, 0.15) is 17.5 Å². The number of aldehydes is 1. The molecule has 140 valence electrons. The van der Waals surface area contributed by atoms with E-state index in [1.165, 1.54) is 5.57 Å². The number of anilines is 1. The molecule has 4 saturated heterocycles. The van der Waals surface area contributed by atoms with Gasteiger partial charge in [-0.3, -0.25) is 9.69 Å². The molecule has 0 amide bonds. The number of ketones is 1. The van der Waals surface area contributed by atoms with Crippen molar-refractivity contribution in [3.63, 3.8) is 0 Å². The maximum absolute atomic E-state index is 14.2. The number of hydrogen-bond acceptors (Lipinski definition) is 5. The Morgan fingerprint density at radius 2 is 2.15 bits per heavy atom. The predicted octanol–water partition coefficient (Wildman–Crippen LogP) is 1.94. The molecule has 0 radical (unpaired) electrons. The minimum absolute atomic E-state index is 0.0488. The molecule has 7 atom stereocenters. The third kappa shape index (κ3) is 1.38. The molecule has 0 aromatic heterocycles. The molecular formula is C22H24N2O3. The molecule has 0 N–H and O–H groups in total. The van der Waals surface area contributed by atoms with Crippen molar-refractivity contribution in [3.8, 4) is 5.75 Å². The Bertz CT molecular complexity index is 939. The fourth-order valence-electron chi connectivity index (χ4n) is 7.53. The first-order chi connectivity index (χ1) is 13.0. The number of fused-ring (bicyclic) bond motifs is 2. The second-order valence-corrected chi connectivity index (χ2v) is 8.90. The molecule has 1 spiro atoms. The summed E-state index contributed by atoms with van der Waals surface area (Å²) in [5, 5.41) is 0. The van der Waals surface area contributed by atoms with Crippen molar-refractivity contribution >= 4 is 17.8 Å². The summed E-state index contributed by atoms with van der Waals surface area (Å²) in [5.74, 6) is 1.06. The van der Waals surface area contributed by atoms with Gasteiger partial charge in [-0.1, -0.05) is 17.7 Å². The first-order valence-electron chi connectivity index (χ1n) is 9.88. The Morgan fingerprint density at radius 1 is 1.33 bits per heavy atom. The summed E-state index contributed by atoms with van der Waals surface area (Å²) in [6.07, 6.45) is 4.83. The van der Waals surface area contributed by atoms with Crippen molar-refractivity contribution in [2.24, 2.45) is 11.3 Å². The van der Waals surface area contributed by atoms with Gasteiger partial charge in [0.25, 0.3) is 0 Å². The highest BCUT2D eigenvalue weighted by atomic mass is 16.5. The summed E-state index contributed by atoms with van der Waals surface area (Å²) in [4.78, 5) is 31.5. The van der Waals surface area contributed by atoms with Gasteiger partial charge in [0.2, 0.25) is 0 Å². The molecule has 7 rings (SSSR count). The SMILES string of the molecule is C/C=C1/CN2C3CC45C(=O)[C@@]3(C=O)[C@H]1C[C@H]2[C@H]4N(C)c1cc(OC)ccc15. The molecule has 3 unspecified atom stereocenters. The lowest BCUT2D eigenvalue weighted by Gasteiger charge is -2.60. The summed E-state index contributed by atoms with van der Waals surface area (Å²) in [7, 11) is 3.78. The monoisotopic (exact) mass is 364 g/mol. The average molecular weight is 364 g/mol. The molecule has 5 heteroatoms. The molecule has 1 saturated carbocycles. The third-order valence-corrected chi connectivity index (χ3v) is 8.48. The van der Waals surface area contributed by atoms with Crippen LogP contribution in [0.3, 0.4) is 0 Å². The minimum Gasteiger partial charge on any atom is -0.497 e. The molecule has 1 aromatic carbocycles. The molecule has 6 aliphatic rings. The standard InChI is InChI=1S/C22H24N2O3/c1-4-12-10-24-17-8-15(12)22(11-25)18(24)9-21(20(22)26)14-6-5-13(27-3)7-16(14)23(2)19(17)21/h4-7,11,15,17-19H,8-10H2,1-3H3/b12-4-/t15-,17-,18?,19+,21?,22-/m0/s1. The Labute approximate surface area is 159 Å². The number of carbonyl (C=O) groups is 2. The zero-order valence-corrected chi connectivity index (χ0v) is 15.9. The highest BCUT2D eigenvalue weighted by Gasteiger charge is 2.80. The fraction of sp³-hybridized carbons (Fsp3) is 0.545. The largest absolute Gasteiger partial charge is 0.497 e. The molecule has 5 bridgehead atoms. The predicted molar refractivity (Wildman–Crippen MR) is 101 cm³/mol. The number of rotatable bonds is 2.